The smallest absolute Gasteiger partial charge is 0.235 e. The van der Waals surface area contributed by atoms with Crippen molar-refractivity contribution in [3.63, 3.8) is 0 Å². The summed E-state index contributed by atoms with van der Waals surface area (Å²) in [5.41, 5.74) is 0.500. The van der Waals surface area contributed by atoms with Gasteiger partial charge in [0.15, 0.2) is 0 Å². The summed E-state index contributed by atoms with van der Waals surface area (Å²) in [6.45, 7) is 9.14. The number of rotatable bonds is 6. The number of hydrogen-bond donors (Lipinski definition) is 1. The first-order valence-electron chi connectivity index (χ1n) is 6.13. The molecule has 1 aromatic heterocycles. The second-order valence-corrected chi connectivity index (χ2v) is 6.51. The number of pyridine rings is 1. The molecule has 102 valence electrons. The molecule has 1 aromatic rings. The maximum absolute atomic E-state index is 11.7. The van der Waals surface area contributed by atoms with E-state index < -0.39 is 15.3 Å². The third-order valence-corrected chi connectivity index (χ3v) is 4.48. The molecule has 0 aliphatic rings. The van der Waals surface area contributed by atoms with Crippen molar-refractivity contribution < 1.29 is 8.42 Å². The normalized spacial score (nSPS) is 11.6. The van der Waals surface area contributed by atoms with Gasteiger partial charge in [0, 0.05) is 13.1 Å². The van der Waals surface area contributed by atoms with Gasteiger partial charge < -0.3 is 4.90 Å². The van der Waals surface area contributed by atoms with Crippen LogP contribution in [0.25, 0.3) is 0 Å². The predicted octanol–water partition coefficient (Wildman–Crippen LogP) is 2.08. The standard InChI is InChI=1S/C12H21N3O2S/c1-5-15(6-2)12-8-7-11(9-13-12)14-18(16,17)10(3)4/h7-10,14H,5-6H2,1-4H3. The first-order valence-corrected chi connectivity index (χ1v) is 7.68. The van der Waals surface area contributed by atoms with Gasteiger partial charge in [0.05, 0.1) is 17.1 Å². The molecule has 0 aromatic carbocycles. The van der Waals surface area contributed by atoms with Crippen molar-refractivity contribution in [3.05, 3.63) is 18.3 Å². The van der Waals surface area contributed by atoms with E-state index in [1.807, 2.05) is 6.07 Å². The van der Waals surface area contributed by atoms with E-state index in [0.717, 1.165) is 18.9 Å². The number of aromatic nitrogens is 1. The number of nitrogens with one attached hydrogen (secondary N) is 1. The summed E-state index contributed by atoms with van der Waals surface area (Å²) in [5, 5.41) is -0.458. The minimum absolute atomic E-state index is 0.458. The van der Waals surface area contributed by atoms with E-state index in [1.54, 1.807) is 26.1 Å². The van der Waals surface area contributed by atoms with Crippen LogP contribution in [0, 0.1) is 0 Å². The lowest BCUT2D eigenvalue weighted by Gasteiger charge is -2.19. The Kier molecular flexibility index (Phi) is 4.95. The zero-order chi connectivity index (χ0) is 13.8. The molecular formula is C12H21N3O2S. The molecule has 1 rings (SSSR count). The molecule has 0 unspecified atom stereocenters. The number of hydrogen-bond acceptors (Lipinski definition) is 4. The summed E-state index contributed by atoms with van der Waals surface area (Å²) in [6.07, 6.45) is 1.55. The van der Waals surface area contributed by atoms with Crippen molar-refractivity contribution >= 4 is 21.5 Å². The molecule has 0 aliphatic carbocycles. The third-order valence-electron chi connectivity index (χ3n) is 2.72. The summed E-state index contributed by atoms with van der Waals surface area (Å²) < 4.78 is 25.9. The number of anilines is 2. The Morgan fingerprint density at radius 3 is 2.28 bits per heavy atom. The van der Waals surface area contributed by atoms with Crippen LogP contribution in [-0.4, -0.2) is 31.7 Å². The van der Waals surface area contributed by atoms with Crippen molar-refractivity contribution in [2.45, 2.75) is 32.9 Å². The molecule has 1 N–H and O–H groups in total. The van der Waals surface area contributed by atoms with Crippen LogP contribution in [0.4, 0.5) is 11.5 Å². The minimum atomic E-state index is -3.30. The molecule has 5 nitrogen and oxygen atoms in total. The first-order chi connectivity index (χ1) is 8.40. The molecule has 0 radical (unpaired) electrons. The van der Waals surface area contributed by atoms with E-state index in [0.29, 0.717) is 5.69 Å². The Balaban J connectivity index is 2.84. The van der Waals surface area contributed by atoms with Crippen molar-refractivity contribution in [1.29, 1.82) is 0 Å². The molecule has 0 aliphatic heterocycles. The fraction of sp³-hybridized carbons (Fsp3) is 0.583. The molecule has 18 heavy (non-hydrogen) atoms. The highest BCUT2D eigenvalue weighted by Crippen LogP contribution is 2.15. The molecule has 0 bridgehead atoms. The second kappa shape index (κ2) is 6.04. The molecule has 0 amide bonds. The van der Waals surface area contributed by atoms with Gasteiger partial charge in [-0.05, 0) is 39.8 Å². The summed E-state index contributed by atoms with van der Waals surface area (Å²) in [7, 11) is -3.30. The highest BCUT2D eigenvalue weighted by molar-refractivity contribution is 7.93. The Hall–Kier alpha value is -1.30. The maximum Gasteiger partial charge on any atom is 0.235 e. The monoisotopic (exact) mass is 271 g/mol. The van der Waals surface area contributed by atoms with E-state index in [2.05, 4.69) is 28.5 Å². The Labute approximate surface area is 109 Å². The quantitative estimate of drug-likeness (QED) is 0.860. The molecular weight excluding hydrogens is 250 g/mol. The van der Waals surface area contributed by atoms with E-state index in [-0.39, 0.29) is 0 Å². The summed E-state index contributed by atoms with van der Waals surface area (Å²) in [6, 6.07) is 3.56. The Bertz CT molecular complexity index is 465. The van der Waals surface area contributed by atoms with Gasteiger partial charge in [-0.2, -0.15) is 0 Å². The summed E-state index contributed by atoms with van der Waals surface area (Å²) in [5.74, 6) is 0.854. The summed E-state index contributed by atoms with van der Waals surface area (Å²) >= 11 is 0. The molecule has 0 saturated carbocycles. The first kappa shape index (κ1) is 14.8. The van der Waals surface area contributed by atoms with Crippen molar-refractivity contribution in [3.8, 4) is 0 Å². The lowest BCUT2D eigenvalue weighted by molar-refractivity contribution is 0.592. The van der Waals surface area contributed by atoms with Crippen LogP contribution in [0.15, 0.2) is 18.3 Å². The van der Waals surface area contributed by atoms with Crippen LogP contribution in [0.3, 0.4) is 0 Å². The zero-order valence-corrected chi connectivity index (χ0v) is 12.2. The molecule has 0 saturated heterocycles. The van der Waals surface area contributed by atoms with Gasteiger partial charge in [0.1, 0.15) is 5.82 Å². The second-order valence-electron chi connectivity index (χ2n) is 4.27. The topological polar surface area (TPSA) is 62.3 Å². The predicted molar refractivity (Wildman–Crippen MR) is 75.5 cm³/mol. The Morgan fingerprint density at radius 1 is 1.28 bits per heavy atom. The van der Waals surface area contributed by atoms with Gasteiger partial charge in [-0.25, -0.2) is 13.4 Å². The van der Waals surface area contributed by atoms with Gasteiger partial charge in [-0.1, -0.05) is 0 Å². The van der Waals surface area contributed by atoms with Crippen LogP contribution in [0.2, 0.25) is 0 Å². The van der Waals surface area contributed by atoms with Crippen LogP contribution in [0.1, 0.15) is 27.7 Å². The lowest BCUT2D eigenvalue weighted by atomic mass is 10.4. The molecule has 0 fully saturated rings. The number of sulfonamides is 1. The summed E-state index contributed by atoms with van der Waals surface area (Å²) in [4.78, 5) is 6.36. The fourth-order valence-corrected chi connectivity index (χ4v) is 2.15. The van der Waals surface area contributed by atoms with E-state index in [9.17, 15) is 8.42 Å². The lowest BCUT2D eigenvalue weighted by Crippen LogP contribution is -2.24. The van der Waals surface area contributed by atoms with Gasteiger partial charge >= 0.3 is 0 Å². The Morgan fingerprint density at radius 2 is 1.89 bits per heavy atom. The van der Waals surface area contributed by atoms with Gasteiger partial charge in [-0.15, -0.1) is 0 Å². The maximum atomic E-state index is 11.7. The average molecular weight is 271 g/mol. The van der Waals surface area contributed by atoms with Crippen molar-refractivity contribution in [2.75, 3.05) is 22.7 Å². The molecule has 1 heterocycles. The fourth-order valence-electron chi connectivity index (χ4n) is 1.46. The van der Waals surface area contributed by atoms with Gasteiger partial charge in [-0.3, -0.25) is 4.72 Å². The number of nitrogens with zero attached hydrogens (tertiary/aromatic N) is 2. The van der Waals surface area contributed by atoms with Crippen molar-refractivity contribution in [2.24, 2.45) is 0 Å². The highest BCUT2D eigenvalue weighted by atomic mass is 32.2. The van der Waals surface area contributed by atoms with Crippen molar-refractivity contribution in [1.82, 2.24) is 4.98 Å². The van der Waals surface area contributed by atoms with Crippen LogP contribution >= 0.6 is 0 Å². The average Bonchev–Trinajstić information content (AvgIpc) is 2.32. The third kappa shape index (κ3) is 3.60. The van der Waals surface area contributed by atoms with Gasteiger partial charge in [0.25, 0.3) is 0 Å². The van der Waals surface area contributed by atoms with E-state index in [4.69, 9.17) is 0 Å². The van der Waals surface area contributed by atoms with Gasteiger partial charge in [0.2, 0.25) is 10.0 Å². The SMILES string of the molecule is CCN(CC)c1ccc(NS(=O)(=O)C(C)C)cn1. The van der Waals surface area contributed by atoms with Crippen LogP contribution in [-0.2, 0) is 10.0 Å². The van der Waals surface area contributed by atoms with Crippen LogP contribution in [0.5, 0.6) is 0 Å². The zero-order valence-electron chi connectivity index (χ0n) is 11.3. The minimum Gasteiger partial charge on any atom is -0.357 e. The van der Waals surface area contributed by atoms with E-state index in [1.165, 1.54) is 0 Å². The largest absolute Gasteiger partial charge is 0.357 e. The molecule has 6 heteroatoms. The van der Waals surface area contributed by atoms with Crippen LogP contribution < -0.4 is 9.62 Å². The van der Waals surface area contributed by atoms with E-state index >= 15 is 0 Å². The highest BCUT2D eigenvalue weighted by Gasteiger charge is 2.15. The molecule has 0 atom stereocenters. The molecule has 0 spiro atoms.